The maximum atomic E-state index is 9.73. The minimum absolute atomic E-state index is 0.356. The van der Waals surface area contributed by atoms with Gasteiger partial charge in [0.05, 0.1) is 37.3 Å². The van der Waals surface area contributed by atoms with Crippen LogP contribution in [0.2, 0.25) is 0 Å². The van der Waals surface area contributed by atoms with Gasteiger partial charge in [-0.05, 0) is 48.5 Å². The van der Waals surface area contributed by atoms with Gasteiger partial charge in [-0.25, -0.2) is 0 Å². The van der Waals surface area contributed by atoms with Crippen LogP contribution in [0.15, 0.2) is 85.3 Å². The van der Waals surface area contributed by atoms with E-state index in [4.69, 9.17) is 14.2 Å². The molecule has 0 aliphatic rings. The molecule has 3 aromatic carbocycles. The van der Waals surface area contributed by atoms with E-state index in [-0.39, 0.29) is 0 Å². The van der Waals surface area contributed by atoms with Gasteiger partial charge in [-0.1, -0.05) is 18.2 Å². The molecule has 178 valence electrons. The first-order chi connectivity index (χ1) is 17.7. The molecule has 0 aliphatic carbocycles. The number of ether oxygens (including phenoxy) is 3. The topological polar surface area (TPSA) is 107 Å². The summed E-state index contributed by atoms with van der Waals surface area (Å²) in [5, 5.41) is 22.0. The standard InChI is InChI=1S/C27H22N6O3/c1-34-27-24(35-16-15-33-30-13-14-31-33)12-11-23-25(19(17-28)18-29-26(23)27)32-20-7-9-22(10-8-20)36-21-5-3-2-4-6-21/h2-14,18H,15-16H2,1H3,(H,29,32). The Bertz CT molecular complexity index is 1500. The highest BCUT2D eigenvalue weighted by Crippen LogP contribution is 2.39. The van der Waals surface area contributed by atoms with Crippen LogP contribution >= 0.6 is 0 Å². The Kier molecular flexibility index (Phi) is 6.58. The van der Waals surface area contributed by atoms with Crippen LogP contribution in [0.4, 0.5) is 11.4 Å². The average molecular weight is 479 g/mol. The van der Waals surface area contributed by atoms with Crippen LogP contribution in [0.25, 0.3) is 10.9 Å². The second-order valence-corrected chi connectivity index (χ2v) is 7.69. The summed E-state index contributed by atoms with van der Waals surface area (Å²) < 4.78 is 17.4. The van der Waals surface area contributed by atoms with Crippen molar-refractivity contribution >= 4 is 22.3 Å². The molecule has 0 amide bonds. The number of para-hydroxylation sites is 1. The molecule has 5 aromatic rings. The molecular formula is C27H22N6O3. The molecule has 9 heteroatoms. The van der Waals surface area contributed by atoms with E-state index in [0.29, 0.717) is 47.2 Å². The number of nitriles is 1. The maximum Gasteiger partial charge on any atom is 0.187 e. The van der Waals surface area contributed by atoms with Crippen molar-refractivity contribution in [3.63, 3.8) is 0 Å². The number of benzene rings is 3. The molecule has 0 bridgehead atoms. The van der Waals surface area contributed by atoms with Crippen LogP contribution in [0.1, 0.15) is 5.56 Å². The maximum absolute atomic E-state index is 9.73. The zero-order valence-electron chi connectivity index (χ0n) is 19.5. The molecule has 0 spiro atoms. The van der Waals surface area contributed by atoms with E-state index in [1.165, 1.54) is 6.20 Å². The third kappa shape index (κ3) is 4.88. The van der Waals surface area contributed by atoms with Gasteiger partial charge in [0, 0.05) is 17.3 Å². The minimum atomic E-state index is 0.356. The Morgan fingerprint density at radius 2 is 1.69 bits per heavy atom. The average Bonchev–Trinajstić information content (AvgIpc) is 3.44. The van der Waals surface area contributed by atoms with Crippen molar-refractivity contribution in [2.24, 2.45) is 0 Å². The highest BCUT2D eigenvalue weighted by Gasteiger charge is 2.17. The summed E-state index contributed by atoms with van der Waals surface area (Å²) in [6.45, 7) is 0.848. The minimum Gasteiger partial charge on any atom is -0.491 e. The number of aromatic nitrogens is 4. The predicted octanol–water partition coefficient (Wildman–Crippen LogP) is 5.32. The van der Waals surface area contributed by atoms with Crippen LogP contribution in [0.5, 0.6) is 23.0 Å². The van der Waals surface area contributed by atoms with Crippen molar-refractivity contribution in [3.8, 4) is 29.1 Å². The molecule has 36 heavy (non-hydrogen) atoms. The molecule has 9 nitrogen and oxygen atoms in total. The summed E-state index contributed by atoms with van der Waals surface area (Å²) in [5.41, 5.74) is 2.42. The first kappa shape index (κ1) is 22.7. The van der Waals surface area contributed by atoms with E-state index in [1.54, 1.807) is 24.3 Å². The SMILES string of the molecule is COc1c(OCCn2nccn2)ccc2c(Nc3ccc(Oc4ccccc4)cc3)c(C#N)cnc12. The lowest BCUT2D eigenvalue weighted by Gasteiger charge is -2.16. The van der Waals surface area contributed by atoms with Crippen LogP contribution < -0.4 is 19.5 Å². The summed E-state index contributed by atoms with van der Waals surface area (Å²) in [6, 6.07) is 23.0. The molecule has 5 rings (SSSR count). The van der Waals surface area contributed by atoms with Gasteiger partial charge in [-0.3, -0.25) is 4.98 Å². The van der Waals surface area contributed by atoms with Crippen molar-refractivity contribution in [2.75, 3.05) is 19.0 Å². The normalized spacial score (nSPS) is 10.6. The molecule has 2 aromatic heterocycles. The fraction of sp³-hybridized carbons (Fsp3) is 0.111. The van der Waals surface area contributed by atoms with E-state index >= 15 is 0 Å². The first-order valence-electron chi connectivity index (χ1n) is 11.2. The Morgan fingerprint density at radius 3 is 2.42 bits per heavy atom. The number of methoxy groups -OCH3 is 1. The van der Waals surface area contributed by atoms with E-state index in [9.17, 15) is 5.26 Å². The molecule has 0 atom stereocenters. The molecule has 0 fully saturated rings. The highest BCUT2D eigenvalue weighted by molar-refractivity contribution is 5.99. The lowest BCUT2D eigenvalue weighted by atomic mass is 10.1. The number of pyridine rings is 1. The second kappa shape index (κ2) is 10.4. The summed E-state index contributed by atoms with van der Waals surface area (Å²) in [4.78, 5) is 6.03. The fourth-order valence-corrected chi connectivity index (χ4v) is 3.72. The molecule has 0 radical (unpaired) electrons. The molecule has 0 saturated heterocycles. The summed E-state index contributed by atoms with van der Waals surface area (Å²) >= 11 is 0. The molecule has 1 N–H and O–H groups in total. The van der Waals surface area contributed by atoms with E-state index in [0.717, 1.165) is 16.8 Å². The molecule has 0 aliphatic heterocycles. The largest absolute Gasteiger partial charge is 0.491 e. The van der Waals surface area contributed by atoms with E-state index in [1.807, 2.05) is 66.7 Å². The van der Waals surface area contributed by atoms with Gasteiger partial charge in [0.15, 0.2) is 11.5 Å². The van der Waals surface area contributed by atoms with Crippen LogP contribution in [-0.4, -0.2) is 33.7 Å². The van der Waals surface area contributed by atoms with Gasteiger partial charge >= 0.3 is 0 Å². The van der Waals surface area contributed by atoms with E-state index < -0.39 is 0 Å². The van der Waals surface area contributed by atoms with Gasteiger partial charge in [-0.2, -0.15) is 20.3 Å². The monoisotopic (exact) mass is 478 g/mol. The third-order valence-corrected chi connectivity index (χ3v) is 5.40. The Morgan fingerprint density at radius 1 is 0.944 bits per heavy atom. The van der Waals surface area contributed by atoms with Crippen LogP contribution in [0, 0.1) is 11.3 Å². The van der Waals surface area contributed by atoms with Crippen LogP contribution in [-0.2, 0) is 6.54 Å². The molecular weight excluding hydrogens is 456 g/mol. The lowest BCUT2D eigenvalue weighted by molar-refractivity contribution is 0.268. The number of nitrogens with zero attached hydrogens (tertiary/aromatic N) is 5. The van der Waals surface area contributed by atoms with Gasteiger partial charge in [0.2, 0.25) is 0 Å². The van der Waals surface area contributed by atoms with Crippen LogP contribution in [0.3, 0.4) is 0 Å². The number of fused-ring (bicyclic) bond motifs is 1. The van der Waals surface area contributed by atoms with Crippen molar-refractivity contribution in [1.29, 1.82) is 5.26 Å². The second-order valence-electron chi connectivity index (χ2n) is 7.69. The summed E-state index contributed by atoms with van der Waals surface area (Å²) in [6.07, 6.45) is 4.76. The Hall–Kier alpha value is -5.10. The quantitative estimate of drug-likeness (QED) is 0.303. The van der Waals surface area contributed by atoms with Gasteiger partial charge in [0.1, 0.15) is 29.7 Å². The van der Waals surface area contributed by atoms with Crippen molar-refractivity contribution < 1.29 is 14.2 Å². The molecule has 2 heterocycles. The summed E-state index contributed by atoms with van der Waals surface area (Å²) in [5.74, 6) is 2.50. The first-order valence-corrected chi connectivity index (χ1v) is 11.2. The van der Waals surface area contributed by atoms with Crippen molar-refractivity contribution in [3.05, 3.63) is 90.9 Å². The smallest absolute Gasteiger partial charge is 0.187 e. The zero-order chi connectivity index (χ0) is 24.7. The Balaban J connectivity index is 1.40. The van der Waals surface area contributed by atoms with Gasteiger partial charge in [0.25, 0.3) is 0 Å². The lowest BCUT2D eigenvalue weighted by Crippen LogP contribution is -2.11. The predicted molar refractivity (Wildman–Crippen MR) is 135 cm³/mol. The highest BCUT2D eigenvalue weighted by atomic mass is 16.5. The third-order valence-electron chi connectivity index (χ3n) is 5.40. The van der Waals surface area contributed by atoms with E-state index in [2.05, 4.69) is 26.6 Å². The number of anilines is 2. The molecule has 0 unspecified atom stereocenters. The van der Waals surface area contributed by atoms with Crippen molar-refractivity contribution in [1.82, 2.24) is 20.0 Å². The number of rotatable bonds is 9. The fourth-order valence-electron chi connectivity index (χ4n) is 3.72. The van der Waals surface area contributed by atoms with Gasteiger partial charge < -0.3 is 19.5 Å². The Labute approximate surface area is 207 Å². The molecule has 0 saturated carbocycles. The van der Waals surface area contributed by atoms with Crippen molar-refractivity contribution in [2.45, 2.75) is 6.54 Å². The zero-order valence-corrected chi connectivity index (χ0v) is 19.5. The number of nitrogens with one attached hydrogen (secondary N) is 1. The summed E-state index contributed by atoms with van der Waals surface area (Å²) in [7, 11) is 1.56. The van der Waals surface area contributed by atoms with Gasteiger partial charge in [-0.15, -0.1) is 0 Å². The number of hydrogen-bond donors (Lipinski definition) is 1. The number of hydrogen-bond acceptors (Lipinski definition) is 8.